The van der Waals surface area contributed by atoms with Gasteiger partial charge in [0.15, 0.2) is 11.6 Å². The van der Waals surface area contributed by atoms with Gasteiger partial charge in [0.25, 0.3) is 0 Å². The van der Waals surface area contributed by atoms with E-state index < -0.39 is 16.6 Å². The molecule has 1 rings (SSSR count). The van der Waals surface area contributed by atoms with Gasteiger partial charge >= 0.3 is 5.88 Å². The summed E-state index contributed by atoms with van der Waals surface area (Å²) in [6, 6.07) is 2.52. The van der Waals surface area contributed by atoms with Gasteiger partial charge < -0.3 is 9.32 Å². The predicted molar refractivity (Wildman–Crippen MR) is 72.2 cm³/mol. The topological polar surface area (TPSA) is 93.7 Å². The molecule has 0 unspecified atom stereocenters. The second-order valence-corrected chi connectivity index (χ2v) is 4.52. The number of nitro groups is 1. The first-order valence-corrected chi connectivity index (χ1v) is 5.96. The standard InChI is InChI=1S/C13H16N2O5/c1-9(16)11(12(17)6-7-14(2)3)8-10-4-5-13(20-10)15(18)19/h4-5,8H,6-7H2,1-3H3/b11-8-. The second-order valence-electron chi connectivity index (χ2n) is 4.52. The summed E-state index contributed by atoms with van der Waals surface area (Å²) in [7, 11) is 3.64. The van der Waals surface area contributed by atoms with Gasteiger partial charge in [0.1, 0.15) is 10.7 Å². The van der Waals surface area contributed by atoms with E-state index in [1.807, 2.05) is 19.0 Å². The summed E-state index contributed by atoms with van der Waals surface area (Å²) >= 11 is 0. The minimum atomic E-state index is -0.682. The molecule has 108 valence electrons. The Bertz CT molecular complexity index is 557. The Morgan fingerprint density at radius 1 is 1.40 bits per heavy atom. The van der Waals surface area contributed by atoms with E-state index in [0.717, 1.165) is 0 Å². The van der Waals surface area contributed by atoms with E-state index in [9.17, 15) is 19.7 Å². The van der Waals surface area contributed by atoms with Crippen LogP contribution in [0.15, 0.2) is 22.1 Å². The lowest BCUT2D eigenvalue weighted by molar-refractivity contribution is -0.402. The first-order chi connectivity index (χ1) is 9.31. The number of nitrogens with zero attached hydrogens (tertiary/aromatic N) is 2. The van der Waals surface area contributed by atoms with Crippen LogP contribution in [0.1, 0.15) is 19.1 Å². The first-order valence-electron chi connectivity index (χ1n) is 5.96. The number of carbonyl (C=O) groups is 2. The summed E-state index contributed by atoms with van der Waals surface area (Å²) in [5.41, 5.74) is -0.0175. The van der Waals surface area contributed by atoms with Crippen molar-refractivity contribution in [1.29, 1.82) is 0 Å². The molecular formula is C13H16N2O5. The van der Waals surface area contributed by atoms with Gasteiger partial charge in [-0.3, -0.25) is 19.7 Å². The molecule has 0 fully saturated rings. The Morgan fingerprint density at radius 3 is 2.50 bits per heavy atom. The van der Waals surface area contributed by atoms with Crippen LogP contribution in [0.25, 0.3) is 6.08 Å². The Labute approximate surface area is 116 Å². The molecule has 7 nitrogen and oxygen atoms in total. The average Bonchev–Trinajstić information content (AvgIpc) is 2.81. The quantitative estimate of drug-likeness (QED) is 0.248. The highest BCUT2D eigenvalue weighted by molar-refractivity contribution is 6.22. The molecule has 1 heterocycles. The number of rotatable bonds is 7. The fraction of sp³-hybridized carbons (Fsp3) is 0.385. The first kappa shape index (κ1) is 15.8. The van der Waals surface area contributed by atoms with Gasteiger partial charge in [-0.15, -0.1) is 0 Å². The van der Waals surface area contributed by atoms with Crippen LogP contribution < -0.4 is 0 Å². The van der Waals surface area contributed by atoms with Crippen LogP contribution >= 0.6 is 0 Å². The molecule has 0 aliphatic carbocycles. The molecule has 0 radical (unpaired) electrons. The maximum Gasteiger partial charge on any atom is 0.433 e. The zero-order valence-electron chi connectivity index (χ0n) is 11.6. The SMILES string of the molecule is CC(=O)/C(=C/c1ccc([N+](=O)[O-])o1)C(=O)CCN(C)C. The largest absolute Gasteiger partial charge is 0.433 e. The molecule has 0 aliphatic rings. The lowest BCUT2D eigenvalue weighted by Crippen LogP contribution is -2.19. The lowest BCUT2D eigenvalue weighted by atomic mass is 10.0. The van der Waals surface area contributed by atoms with E-state index in [-0.39, 0.29) is 23.5 Å². The predicted octanol–water partition coefficient (Wildman–Crippen LogP) is 1.68. The highest BCUT2D eigenvalue weighted by atomic mass is 16.6. The van der Waals surface area contributed by atoms with Gasteiger partial charge in [-0.1, -0.05) is 0 Å². The molecule has 0 saturated heterocycles. The number of furan rings is 1. The molecule has 0 N–H and O–H groups in total. The van der Waals surface area contributed by atoms with E-state index in [1.165, 1.54) is 25.1 Å². The van der Waals surface area contributed by atoms with Crippen LogP contribution in [0.5, 0.6) is 0 Å². The molecular weight excluding hydrogens is 264 g/mol. The molecule has 7 heteroatoms. The van der Waals surface area contributed by atoms with Gasteiger partial charge in [0.2, 0.25) is 0 Å². The summed E-state index contributed by atoms with van der Waals surface area (Å²) in [5, 5.41) is 10.5. The molecule has 0 spiro atoms. The third kappa shape index (κ3) is 4.43. The molecule has 0 atom stereocenters. The number of ketones is 2. The van der Waals surface area contributed by atoms with E-state index in [2.05, 4.69) is 0 Å². The molecule has 0 amide bonds. The number of carbonyl (C=O) groups excluding carboxylic acids is 2. The summed E-state index contributed by atoms with van der Waals surface area (Å²) in [6.07, 6.45) is 1.44. The van der Waals surface area contributed by atoms with Crippen LogP contribution in [0.4, 0.5) is 5.88 Å². The van der Waals surface area contributed by atoms with E-state index in [4.69, 9.17) is 4.42 Å². The highest BCUT2D eigenvalue weighted by Crippen LogP contribution is 2.19. The van der Waals surface area contributed by atoms with Crippen molar-refractivity contribution in [3.63, 3.8) is 0 Å². The molecule has 1 aromatic rings. The second kappa shape index (κ2) is 6.76. The molecule has 20 heavy (non-hydrogen) atoms. The van der Waals surface area contributed by atoms with Crippen molar-refractivity contribution in [2.24, 2.45) is 0 Å². The van der Waals surface area contributed by atoms with Crippen LogP contribution in [0.2, 0.25) is 0 Å². The smallest absolute Gasteiger partial charge is 0.401 e. The summed E-state index contributed by atoms with van der Waals surface area (Å²) < 4.78 is 4.91. The molecule has 0 aromatic carbocycles. The Hall–Kier alpha value is -2.28. The maximum absolute atomic E-state index is 11.9. The number of Topliss-reactive ketones (excluding diaryl/α,β-unsaturated/α-hetero) is 2. The van der Waals surface area contributed by atoms with Gasteiger partial charge in [-0.2, -0.15) is 0 Å². The monoisotopic (exact) mass is 280 g/mol. The number of allylic oxidation sites excluding steroid dienone is 1. The zero-order valence-corrected chi connectivity index (χ0v) is 11.6. The van der Waals surface area contributed by atoms with Crippen molar-refractivity contribution in [3.8, 4) is 0 Å². The van der Waals surface area contributed by atoms with Gasteiger partial charge in [-0.25, -0.2) is 0 Å². The van der Waals surface area contributed by atoms with Crippen LogP contribution in [0, 0.1) is 10.1 Å². The summed E-state index contributed by atoms with van der Waals surface area (Å²) in [5.74, 6) is -1.03. The van der Waals surface area contributed by atoms with Crippen molar-refractivity contribution in [3.05, 3.63) is 33.6 Å². The zero-order chi connectivity index (χ0) is 15.3. The van der Waals surface area contributed by atoms with Crippen molar-refractivity contribution in [1.82, 2.24) is 4.90 Å². The van der Waals surface area contributed by atoms with E-state index >= 15 is 0 Å². The third-order valence-corrected chi connectivity index (χ3v) is 2.54. The van der Waals surface area contributed by atoms with Gasteiger partial charge in [0, 0.05) is 13.0 Å². The van der Waals surface area contributed by atoms with Gasteiger partial charge in [-0.05, 0) is 33.2 Å². The Balaban J connectivity index is 2.94. The van der Waals surface area contributed by atoms with Crippen molar-refractivity contribution in [2.75, 3.05) is 20.6 Å². The fourth-order valence-corrected chi connectivity index (χ4v) is 1.50. The number of hydrogen-bond acceptors (Lipinski definition) is 6. The van der Waals surface area contributed by atoms with Crippen molar-refractivity contribution in [2.45, 2.75) is 13.3 Å². The lowest BCUT2D eigenvalue weighted by Gasteiger charge is -2.08. The average molecular weight is 280 g/mol. The normalized spacial score (nSPS) is 11.7. The Kier molecular flexibility index (Phi) is 5.33. The maximum atomic E-state index is 11.9. The van der Waals surface area contributed by atoms with Gasteiger partial charge in [0.05, 0.1) is 11.6 Å². The molecule has 0 bridgehead atoms. The van der Waals surface area contributed by atoms with Crippen molar-refractivity contribution >= 4 is 23.5 Å². The highest BCUT2D eigenvalue weighted by Gasteiger charge is 2.17. The van der Waals surface area contributed by atoms with Crippen LogP contribution in [0.3, 0.4) is 0 Å². The number of hydrogen-bond donors (Lipinski definition) is 0. The Morgan fingerprint density at radius 2 is 2.05 bits per heavy atom. The molecule has 1 aromatic heterocycles. The van der Waals surface area contributed by atoms with Crippen molar-refractivity contribution < 1.29 is 18.9 Å². The fourth-order valence-electron chi connectivity index (χ4n) is 1.50. The minimum Gasteiger partial charge on any atom is -0.401 e. The van der Waals surface area contributed by atoms with E-state index in [1.54, 1.807) is 0 Å². The molecule has 0 aliphatic heterocycles. The third-order valence-electron chi connectivity index (χ3n) is 2.54. The summed E-state index contributed by atoms with van der Waals surface area (Å²) in [6.45, 7) is 1.79. The molecule has 0 saturated carbocycles. The summed E-state index contributed by atoms with van der Waals surface area (Å²) in [4.78, 5) is 35.1. The minimum absolute atomic E-state index is 0.0175. The van der Waals surface area contributed by atoms with Crippen LogP contribution in [-0.2, 0) is 9.59 Å². The van der Waals surface area contributed by atoms with E-state index in [0.29, 0.717) is 6.54 Å². The van der Waals surface area contributed by atoms with Crippen LogP contribution in [-0.4, -0.2) is 42.0 Å².